The van der Waals surface area contributed by atoms with Gasteiger partial charge in [-0.1, -0.05) is 12.1 Å². The van der Waals surface area contributed by atoms with E-state index >= 15 is 0 Å². The number of hydrogen-bond acceptors (Lipinski definition) is 4. The molecule has 126 valence electrons. The molecule has 0 aliphatic carbocycles. The maximum absolute atomic E-state index is 11.9. The van der Waals surface area contributed by atoms with Crippen molar-refractivity contribution in [2.24, 2.45) is 0 Å². The first-order chi connectivity index (χ1) is 11.0. The molecule has 0 bridgehead atoms. The summed E-state index contributed by atoms with van der Waals surface area (Å²) in [5, 5.41) is 3.09. The minimum Gasteiger partial charge on any atom is -0.312 e. The Balaban J connectivity index is 1.59. The molecule has 2 aliphatic rings. The minimum atomic E-state index is -2.90. The van der Waals surface area contributed by atoms with Gasteiger partial charge in [-0.25, -0.2) is 8.42 Å². The average molecular weight is 336 g/mol. The second-order valence-electron chi connectivity index (χ2n) is 6.50. The van der Waals surface area contributed by atoms with Crippen LogP contribution in [0.25, 0.3) is 0 Å². The van der Waals surface area contributed by atoms with Gasteiger partial charge in [-0.15, -0.1) is 0 Å². The Morgan fingerprint density at radius 1 is 1.26 bits per heavy atom. The monoisotopic (exact) mass is 336 g/mol. The molecule has 1 aromatic carbocycles. The summed E-state index contributed by atoms with van der Waals surface area (Å²) in [5.41, 5.74) is 2.05. The maximum atomic E-state index is 11.9. The van der Waals surface area contributed by atoms with E-state index in [9.17, 15) is 13.2 Å². The van der Waals surface area contributed by atoms with Gasteiger partial charge in [0.2, 0.25) is 5.91 Å². The van der Waals surface area contributed by atoms with Gasteiger partial charge >= 0.3 is 0 Å². The number of benzene rings is 1. The first kappa shape index (κ1) is 16.5. The summed E-state index contributed by atoms with van der Waals surface area (Å²) in [6.45, 7) is 3.35. The van der Waals surface area contributed by atoms with Crippen LogP contribution in [0.2, 0.25) is 0 Å². The molecule has 2 aliphatic heterocycles. The van der Waals surface area contributed by atoms with Gasteiger partial charge in [0.1, 0.15) is 0 Å². The third-order valence-electron chi connectivity index (χ3n) is 4.89. The van der Waals surface area contributed by atoms with E-state index in [1.165, 1.54) is 0 Å². The van der Waals surface area contributed by atoms with Crippen LogP contribution >= 0.6 is 0 Å². The van der Waals surface area contributed by atoms with Crippen molar-refractivity contribution < 1.29 is 13.2 Å². The highest BCUT2D eigenvalue weighted by Gasteiger charge is 2.31. The zero-order valence-electron chi connectivity index (χ0n) is 13.5. The molecule has 6 heteroatoms. The van der Waals surface area contributed by atoms with Gasteiger partial charge < -0.3 is 10.2 Å². The standard InChI is InChI=1S/C17H24N2O3S/c1-13(18-12-16-4-3-11-23(16,21)22)14-6-8-15(9-7-14)19-10-2-5-17(19)20/h6-9,13,16,18H,2-5,10-12H2,1H3/t13-,16+/m0/s1. The van der Waals surface area contributed by atoms with Gasteiger partial charge in [0.15, 0.2) is 9.84 Å². The molecule has 1 aromatic rings. The fourth-order valence-corrected chi connectivity index (χ4v) is 5.16. The zero-order chi connectivity index (χ0) is 16.4. The number of hydrogen-bond donors (Lipinski definition) is 1. The average Bonchev–Trinajstić information content (AvgIpc) is 3.10. The second kappa shape index (κ2) is 6.61. The van der Waals surface area contributed by atoms with Crippen molar-refractivity contribution in [1.82, 2.24) is 5.32 Å². The zero-order valence-corrected chi connectivity index (χ0v) is 14.3. The molecular formula is C17H24N2O3S. The quantitative estimate of drug-likeness (QED) is 0.893. The van der Waals surface area contributed by atoms with E-state index in [-0.39, 0.29) is 17.2 Å². The highest BCUT2D eigenvalue weighted by molar-refractivity contribution is 7.92. The highest BCUT2D eigenvalue weighted by Crippen LogP contribution is 2.24. The smallest absolute Gasteiger partial charge is 0.227 e. The van der Waals surface area contributed by atoms with Gasteiger partial charge in [0.25, 0.3) is 0 Å². The van der Waals surface area contributed by atoms with Crippen molar-refractivity contribution in [2.75, 3.05) is 23.7 Å². The molecule has 0 radical (unpaired) electrons. The van der Waals surface area contributed by atoms with Gasteiger partial charge in [0.05, 0.1) is 11.0 Å². The van der Waals surface area contributed by atoms with Crippen molar-refractivity contribution in [1.29, 1.82) is 0 Å². The van der Waals surface area contributed by atoms with Crippen LogP contribution in [0.15, 0.2) is 24.3 Å². The third-order valence-corrected chi connectivity index (χ3v) is 7.17. The van der Waals surface area contributed by atoms with E-state index in [1.807, 2.05) is 36.1 Å². The molecule has 2 fully saturated rings. The van der Waals surface area contributed by atoms with Crippen molar-refractivity contribution in [3.8, 4) is 0 Å². The van der Waals surface area contributed by atoms with Crippen molar-refractivity contribution in [3.63, 3.8) is 0 Å². The Morgan fingerprint density at radius 2 is 2.00 bits per heavy atom. The number of anilines is 1. The molecule has 1 amide bonds. The topological polar surface area (TPSA) is 66.5 Å². The summed E-state index contributed by atoms with van der Waals surface area (Å²) in [4.78, 5) is 13.6. The maximum Gasteiger partial charge on any atom is 0.227 e. The molecular weight excluding hydrogens is 312 g/mol. The van der Waals surface area contributed by atoms with E-state index in [4.69, 9.17) is 0 Å². The van der Waals surface area contributed by atoms with E-state index in [2.05, 4.69) is 5.32 Å². The van der Waals surface area contributed by atoms with Crippen molar-refractivity contribution >= 4 is 21.4 Å². The molecule has 2 saturated heterocycles. The predicted molar refractivity (Wildman–Crippen MR) is 91.3 cm³/mol. The SMILES string of the molecule is C[C@H](NC[C@H]1CCCS1(=O)=O)c1ccc(N2CCCC2=O)cc1. The van der Waals surface area contributed by atoms with Crippen LogP contribution in [-0.4, -0.2) is 38.4 Å². The summed E-state index contributed by atoms with van der Waals surface area (Å²) in [7, 11) is -2.90. The Labute approximate surface area is 138 Å². The summed E-state index contributed by atoms with van der Waals surface area (Å²) in [5.74, 6) is 0.516. The van der Waals surface area contributed by atoms with Crippen LogP contribution in [0.4, 0.5) is 5.69 Å². The highest BCUT2D eigenvalue weighted by atomic mass is 32.2. The molecule has 3 rings (SSSR count). The fourth-order valence-electron chi connectivity index (χ4n) is 3.38. The summed E-state index contributed by atoms with van der Waals surface area (Å²) >= 11 is 0. The molecule has 0 unspecified atom stereocenters. The fraction of sp³-hybridized carbons (Fsp3) is 0.588. The van der Waals surface area contributed by atoms with E-state index in [0.29, 0.717) is 18.7 Å². The lowest BCUT2D eigenvalue weighted by Crippen LogP contribution is -2.32. The minimum absolute atomic E-state index is 0.0918. The lowest BCUT2D eigenvalue weighted by Gasteiger charge is -2.19. The van der Waals surface area contributed by atoms with Gasteiger partial charge in [-0.3, -0.25) is 4.79 Å². The molecule has 23 heavy (non-hydrogen) atoms. The van der Waals surface area contributed by atoms with E-state index < -0.39 is 9.84 Å². The third kappa shape index (κ3) is 3.58. The molecule has 0 aromatic heterocycles. The Hall–Kier alpha value is -1.40. The Morgan fingerprint density at radius 3 is 2.57 bits per heavy atom. The number of amides is 1. The molecule has 0 spiro atoms. The van der Waals surface area contributed by atoms with Crippen molar-refractivity contribution in [3.05, 3.63) is 29.8 Å². The van der Waals surface area contributed by atoms with Crippen LogP contribution in [0.1, 0.15) is 44.2 Å². The van der Waals surface area contributed by atoms with Crippen LogP contribution in [0, 0.1) is 0 Å². The van der Waals surface area contributed by atoms with Gasteiger partial charge in [-0.2, -0.15) is 0 Å². The van der Waals surface area contributed by atoms with Crippen molar-refractivity contribution in [2.45, 2.75) is 43.9 Å². The summed E-state index contributed by atoms with van der Waals surface area (Å²) in [6, 6.07) is 8.07. The Bertz CT molecular complexity index is 670. The lowest BCUT2D eigenvalue weighted by molar-refractivity contribution is -0.117. The van der Waals surface area contributed by atoms with Crippen LogP contribution in [0.5, 0.6) is 0 Å². The first-order valence-corrected chi connectivity index (χ1v) is 10.0. The van der Waals surface area contributed by atoms with Crippen LogP contribution in [-0.2, 0) is 14.6 Å². The molecule has 1 N–H and O–H groups in total. The number of rotatable bonds is 5. The number of carbonyl (C=O) groups excluding carboxylic acids is 1. The molecule has 0 saturated carbocycles. The number of nitrogens with one attached hydrogen (secondary N) is 1. The molecule has 2 atom stereocenters. The lowest BCUT2D eigenvalue weighted by atomic mass is 10.1. The van der Waals surface area contributed by atoms with E-state index in [0.717, 1.165) is 37.1 Å². The Kier molecular flexibility index (Phi) is 4.73. The van der Waals surface area contributed by atoms with E-state index in [1.54, 1.807) is 0 Å². The second-order valence-corrected chi connectivity index (χ2v) is 8.90. The largest absolute Gasteiger partial charge is 0.312 e. The van der Waals surface area contributed by atoms with Crippen LogP contribution < -0.4 is 10.2 Å². The molecule has 5 nitrogen and oxygen atoms in total. The predicted octanol–water partition coefficient (Wildman–Crippen LogP) is 2.04. The number of carbonyl (C=O) groups is 1. The molecule has 2 heterocycles. The normalized spacial score (nSPS) is 25.0. The first-order valence-electron chi connectivity index (χ1n) is 8.32. The van der Waals surface area contributed by atoms with Gasteiger partial charge in [0, 0.05) is 31.2 Å². The summed E-state index contributed by atoms with van der Waals surface area (Å²) in [6.07, 6.45) is 3.10. The number of nitrogens with zero attached hydrogens (tertiary/aromatic N) is 1. The van der Waals surface area contributed by atoms with Gasteiger partial charge in [-0.05, 0) is 43.9 Å². The van der Waals surface area contributed by atoms with Crippen LogP contribution in [0.3, 0.4) is 0 Å². The summed E-state index contributed by atoms with van der Waals surface area (Å²) < 4.78 is 23.7. The number of sulfone groups is 1.